The fourth-order valence-electron chi connectivity index (χ4n) is 1.32. The molecule has 1 aromatic carbocycles. The van der Waals surface area contributed by atoms with E-state index in [-0.39, 0.29) is 5.78 Å². The van der Waals surface area contributed by atoms with Gasteiger partial charge in [0.05, 0.1) is 0 Å². The van der Waals surface area contributed by atoms with Gasteiger partial charge in [0.2, 0.25) is 0 Å². The number of rotatable bonds is 3. The summed E-state index contributed by atoms with van der Waals surface area (Å²) in [5.74, 6) is 0.111. The van der Waals surface area contributed by atoms with Crippen molar-refractivity contribution in [1.29, 1.82) is 0 Å². The molecule has 0 aliphatic carbocycles. The third-order valence-corrected chi connectivity index (χ3v) is 2.37. The van der Waals surface area contributed by atoms with E-state index in [0.29, 0.717) is 0 Å². The molecule has 1 nitrogen and oxygen atoms in total. The molecule has 0 radical (unpaired) electrons. The van der Waals surface area contributed by atoms with Crippen LogP contribution in [0, 0.1) is 0 Å². The van der Waals surface area contributed by atoms with Crippen molar-refractivity contribution in [3.05, 3.63) is 46.0 Å². The van der Waals surface area contributed by atoms with Crippen molar-refractivity contribution in [1.82, 2.24) is 0 Å². The number of benzene rings is 1. The molecule has 0 saturated heterocycles. The molecule has 0 saturated carbocycles. The molecule has 0 bridgehead atoms. The van der Waals surface area contributed by atoms with E-state index in [1.807, 2.05) is 19.1 Å². The molecule has 2 heteroatoms. The number of hydrogen-bond acceptors (Lipinski definition) is 1. The molecule has 0 aliphatic heterocycles. The lowest BCUT2D eigenvalue weighted by molar-refractivity contribution is -0.112. The fraction of sp³-hybridized carbons (Fsp3) is 0.250. The van der Waals surface area contributed by atoms with Crippen LogP contribution in [-0.4, -0.2) is 5.78 Å². The molecule has 0 amide bonds. The van der Waals surface area contributed by atoms with Crippen molar-refractivity contribution >= 4 is 21.7 Å². The van der Waals surface area contributed by atoms with E-state index in [4.69, 9.17) is 0 Å². The molecule has 1 rings (SSSR count). The molecule has 0 aromatic heterocycles. The lowest BCUT2D eigenvalue weighted by Crippen LogP contribution is -1.90. The van der Waals surface area contributed by atoms with Crippen LogP contribution >= 0.6 is 15.9 Å². The first-order valence-corrected chi connectivity index (χ1v) is 5.29. The number of carbonyl (C=O) groups is 1. The van der Waals surface area contributed by atoms with Gasteiger partial charge in [-0.15, -0.1) is 0 Å². The van der Waals surface area contributed by atoms with Crippen LogP contribution in [-0.2, 0) is 11.2 Å². The predicted octanol–water partition coefficient (Wildman–Crippen LogP) is 3.53. The predicted molar refractivity (Wildman–Crippen MR) is 62.3 cm³/mol. The smallest absolute Gasteiger partial charge is 0.152 e. The highest BCUT2D eigenvalue weighted by Crippen LogP contribution is 2.13. The van der Waals surface area contributed by atoms with Gasteiger partial charge in [-0.05, 0) is 44.0 Å². The van der Waals surface area contributed by atoms with E-state index in [1.54, 1.807) is 13.0 Å². The van der Waals surface area contributed by atoms with E-state index in [9.17, 15) is 4.79 Å². The van der Waals surface area contributed by atoms with Gasteiger partial charge in [0.25, 0.3) is 0 Å². The summed E-state index contributed by atoms with van der Waals surface area (Å²) in [6.07, 6.45) is 2.52. The van der Waals surface area contributed by atoms with Crippen LogP contribution < -0.4 is 0 Å². The maximum Gasteiger partial charge on any atom is 0.152 e. The molecule has 0 spiro atoms. The van der Waals surface area contributed by atoms with Crippen molar-refractivity contribution in [2.75, 3.05) is 0 Å². The molecule has 0 heterocycles. The Morgan fingerprint density at radius 2 is 1.86 bits per heavy atom. The first-order chi connectivity index (χ1) is 6.58. The Kier molecular flexibility index (Phi) is 4.08. The summed E-state index contributed by atoms with van der Waals surface area (Å²) in [5, 5.41) is 0. The Labute approximate surface area is 93.0 Å². The monoisotopic (exact) mass is 252 g/mol. The highest BCUT2D eigenvalue weighted by atomic mass is 79.9. The van der Waals surface area contributed by atoms with Gasteiger partial charge in [-0.2, -0.15) is 0 Å². The second kappa shape index (κ2) is 5.11. The first-order valence-electron chi connectivity index (χ1n) is 4.50. The topological polar surface area (TPSA) is 17.1 Å². The molecule has 1 aromatic rings. The molecule has 0 unspecified atom stereocenters. The number of hydrogen-bond donors (Lipinski definition) is 0. The van der Waals surface area contributed by atoms with Gasteiger partial charge >= 0.3 is 0 Å². The quantitative estimate of drug-likeness (QED) is 0.753. The number of allylic oxidation sites excluding steroid dienone is 2. The standard InChI is InChI=1S/C12H13BrO/c1-9(7-10(2)14)8-11-3-5-12(13)6-4-11/h3-7H,8H2,1-2H3/b9-7-. The molecule has 0 aliphatic rings. The van der Waals surface area contributed by atoms with Gasteiger partial charge in [-0.25, -0.2) is 0 Å². The summed E-state index contributed by atoms with van der Waals surface area (Å²) in [6.45, 7) is 3.55. The summed E-state index contributed by atoms with van der Waals surface area (Å²) in [7, 11) is 0. The van der Waals surface area contributed by atoms with Crippen molar-refractivity contribution in [3.8, 4) is 0 Å². The normalized spacial score (nSPS) is 11.5. The van der Waals surface area contributed by atoms with E-state index in [1.165, 1.54) is 5.56 Å². The van der Waals surface area contributed by atoms with E-state index >= 15 is 0 Å². The largest absolute Gasteiger partial charge is 0.295 e. The van der Waals surface area contributed by atoms with Gasteiger partial charge in [-0.3, -0.25) is 4.79 Å². The molecule has 0 N–H and O–H groups in total. The second-order valence-corrected chi connectivity index (χ2v) is 4.32. The zero-order valence-electron chi connectivity index (χ0n) is 8.38. The molecular weight excluding hydrogens is 240 g/mol. The summed E-state index contributed by atoms with van der Waals surface area (Å²) >= 11 is 3.38. The van der Waals surface area contributed by atoms with Crippen LogP contribution in [0.1, 0.15) is 19.4 Å². The minimum absolute atomic E-state index is 0.111. The molecule has 74 valence electrons. The molecular formula is C12H13BrO. The van der Waals surface area contributed by atoms with E-state index < -0.39 is 0 Å². The lowest BCUT2D eigenvalue weighted by Gasteiger charge is -2.01. The third kappa shape index (κ3) is 3.88. The zero-order chi connectivity index (χ0) is 10.6. The van der Waals surface area contributed by atoms with E-state index in [2.05, 4.69) is 28.1 Å². The summed E-state index contributed by atoms with van der Waals surface area (Å²) in [4.78, 5) is 10.8. The van der Waals surface area contributed by atoms with Gasteiger partial charge in [0, 0.05) is 4.47 Å². The second-order valence-electron chi connectivity index (χ2n) is 3.40. The Hall–Kier alpha value is -0.890. The van der Waals surface area contributed by atoms with Crippen molar-refractivity contribution in [2.45, 2.75) is 20.3 Å². The SMILES string of the molecule is CC(=O)/C=C(/C)Cc1ccc(Br)cc1. The minimum Gasteiger partial charge on any atom is -0.295 e. The minimum atomic E-state index is 0.111. The maximum atomic E-state index is 10.8. The van der Waals surface area contributed by atoms with Crippen LogP contribution in [0.15, 0.2) is 40.4 Å². The maximum absolute atomic E-state index is 10.8. The van der Waals surface area contributed by atoms with Crippen molar-refractivity contribution in [2.24, 2.45) is 0 Å². The van der Waals surface area contributed by atoms with E-state index in [0.717, 1.165) is 16.5 Å². The Bertz CT molecular complexity index is 349. The molecule has 0 fully saturated rings. The van der Waals surface area contributed by atoms with Gasteiger partial charge in [-0.1, -0.05) is 33.6 Å². The summed E-state index contributed by atoms with van der Waals surface area (Å²) < 4.78 is 1.08. The number of halogens is 1. The summed E-state index contributed by atoms with van der Waals surface area (Å²) in [5.41, 5.74) is 2.32. The third-order valence-electron chi connectivity index (χ3n) is 1.85. The Morgan fingerprint density at radius 1 is 1.29 bits per heavy atom. The van der Waals surface area contributed by atoms with Crippen molar-refractivity contribution in [3.63, 3.8) is 0 Å². The van der Waals surface area contributed by atoms with Crippen molar-refractivity contribution < 1.29 is 4.79 Å². The number of ketones is 1. The fourth-order valence-corrected chi connectivity index (χ4v) is 1.59. The number of carbonyl (C=O) groups excluding carboxylic acids is 1. The van der Waals surface area contributed by atoms with Gasteiger partial charge < -0.3 is 0 Å². The van der Waals surface area contributed by atoms with Crippen LogP contribution in [0.2, 0.25) is 0 Å². The Morgan fingerprint density at radius 3 is 2.36 bits per heavy atom. The van der Waals surface area contributed by atoms with Crippen LogP contribution in [0.4, 0.5) is 0 Å². The van der Waals surface area contributed by atoms with Crippen LogP contribution in [0.25, 0.3) is 0 Å². The van der Waals surface area contributed by atoms with Crippen LogP contribution in [0.5, 0.6) is 0 Å². The summed E-state index contributed by atoms with van der Waals surface area (Å²) in [6, 6.07) is 8.13. The highest BCUT2D eigenvalue weighted by Gasteiger charge is 1.96. The van der Waals surface area contributed by atoms with Gasteiger partial charge in [0.15, 0.2) is 5.78 Å². The first kappa shape index (κ1) is 11.2. The lowest BCUT2D eigenvalue weighted by atomic mass is 10.1. The van der Waals surface area contributed by atoms with Crippen LogP contribution in [0.3, 0.4) is 0 Å². The Balaban J connectivity index is 2.69. The van der Waals surface area contributed by atoms with Gasteiger partial charge in [0.1, 0.15) is 0 Å². The average Bonchev–Trinajstić information content (AvgIpc) is 2.07. The highest BCUT2D eigenvalue weighted by molar-refractivity contribution is 9.10. The zero-order valence-corrected chi connectivity index (χ0v) is 9.97. The average molecular weight is 253 g/mol. The molecule has 14 heavy (non-hydrogen) atoms. The molecule has 0 atom stereocenters.